The molecule has 4 nitrogen and oxygen atoms in total. The molecule has 2 aromatic rings. The van der Waals surface area contributed by atoms with Crippen LogP contribution < -0.4 is 0 Å². The lowest BCUT2D eigenvalue weighted by Gasteiger charge is -2.34. The summed E-state index contributed by atoms with van der Waals surface area (Å²) in [5.41, 5.74) is 0.863. The van der Waals surface area contributed by atoms with Gasteiger partial charge in [-0.2, -0.15) is 4.31 Å². The van der Waals surface area contributed by atoms with Crippen molar-refractivity contribution in [3.8, 4) is 0 Å². The second-order valence-electron chi connectivity index (χ2n) is 5.87. The van der Waals surface area contributed by atoms with Gasteiger partial charge in [0.05, 0.1) is 17.5 Å². The fourth-order valence-corrected chi connectivity index (χ4v) is 4.98. The first-order valence-corrected chi connectivity index (χ1v) is 9.80. The standard InChI is InChI=1S/C17H18ClFN2O2S/c18-14-8-7-13(15(19)11-14)12-24(22,23)21-10-4-2-6-17(21)16-5-1-3-9-20-16/h1,3,5,7-9,11,17H,2,4,6,10,12H2. The lowest BCUT2D eigenvalue weighted by atomic mass is 10.0. The van der Waals surface area contributed by atoms with Gasteiger partial charge in [-0.05, 0) is 37.1 Å². The molecule has 7 heteroatoms. The summed E-state index contributed by atoms with van der Waals surface area (Å²) in [7, 11) is -3.66. The van der Waals surface area contributed by atoms with E-state index in [1.165, 1.54) is 16.4 Å². The van der Waals surface area contributed by atoms with Gasteiger partial charge in [0.25, 0.3) is 0 Å². The number of rotatable bonds is 4. The molecule has 1 aliphatic heterocycles. The molecule has 1 unspecified atom stereocenters. The maximum absolute atomic E-state index is 14.0. The summed E-state index contributed by atoms with van der Waals surface area (Å²) >= 11 is 5.73. The number of benzene rings is 1. The fourth-order valence-electron chi connectivity index (χ4n) is 3.02. The summed E-state index contributed by atoms with van der Waals surface area (Å²) in [4.78, 5) is 4.30. The third kappa shape index (κ3) is 3.77. The Kier molecular flexibility index (Phi) is 5.18. The number of hydrogen-bond donors (Lipinski definition) is 0. The minimum Gasteiger partial charge on any atom is -0.260 e. The van der Waals surface area contributed by atoms with Gasteiger partial charge in [-0.3, -0.25) is 4.98 Å². The number of pyridine rings is 1. The molecule has 24 heavy (non-hydrogen) atoms. The smallest absolute Gasteiger partial charge is 0.219 e. The van der Waals surface area contributed by atoms with E-state index in [0.29, 0.717) is 6.54 Å². The first-order valence-electron chi connectivity index (χ1n) is 7.82. The van der Waals surface area contributed by atoms with E-state index < -0.39 is 15.8 Å². The van der Waals surface area contributed by atoms with Gasteiger partial charge < -0.3 is 0 Å². The molecule has 0 amide bonds. The van der Waals surface area contributed by atoms with Crippen molar-refractivity contribution in [2.75, 3.05) is 6.54 Å². The molecule has 1 aromatic carbocycles. The highest BCUT2D eigenvalue weighted by molar-refractivity contribution is 7.88. The quantitative estimate of drug-likeness (QED) is 0.821. The summed E-state index contributed by atoms with van der Waals surface area (Å²) in [5.74, 6) is -0.975. The summed E-state index contributed by atoms with van der Waals surface area (Å²) in [5, 5.41) is 0.248. The SMILES string of the molecule is O=S(=O)(Cc1ccc(Cl)cc1F)N1CCCCC1c1ccccn1. The van der Waals surface area contributed by atoms with Crippen LogP contribution in [0.2, 0.25) is 5.02 Å². The summed E-state index contributed by atoms with van der Waals surface area (Å²) in [6.07, 6.45) is 4.13. The molecule has 2 heterocycles. The Morgan fingerprint density at radius 1 is 1.25 bits per heavy atom. The number of aromatic nitrogens is 1. The average Bonchev–Trinajstić information content (AvgIpc) is 2.58. The van der Waals surface area contributed by atoms with Crippen molar-refractivity contribution in [2.24, 2.45) is 0 Å². The zero-order valence-corrected chi connectivity index (χ0v) is 14.6. The van der Waals surface area contributed by atoms with Gasteiger partial charge in [-0.15, -0.1) is 0 Å². The van der Waals surface area contributed by atoms with E-state index in [9.17, 15) is 12.8 Å². The highest BCUT2D eigenvalue weighted by Gasteiger charge is 2.34. The Balaban J connectivity index is 1.89. The lowest BCUT2D eigenvalue weighted by molar-refractivity contribution is 0.251. The highest BCUT2D eigenvalue weighted by atomic mass is 35.5. The molecular weight excluding hydrogens is 351 g/mol. The summed E-state index contributed by atoms with van der Waals surface area (Å²) < 4.78 is 41.2. The molecule has 1 aromatic heterocycles. The monoisotopic (exact) mass is 368 g/mol. The van der Waals surface area contributed by atoms with Crippen LogP contribution in [0.15, 0.2) is 42.6 Å². The lowest BCUT2D eigenvalue weighted by Crippen LogP contribution is -2.39. The Morgan fingerprint density at radius 2 is 2.08 bits per heavy atom. The van der Waals surface area contributed by atoms with Crippen LogP contribution in [-0.4, -0.2) is 24.3 Å². The predicted octanol–water partition coefficient (Wildman–Crippen LogP) is 3.93. The van der Waals surface area contributed by atoms with E-state index in [2.05, 4.69) is 4.98 Å². The van der Waals surface area contributed by atoms with E-state index in [0.717, 1.165) is 31.0 Å². The van der Waals surface area contributed by atoms with Crippen molar-refractivity contribution in [1.82, 2.24) is 9.29 Å². The second-order valence-corrected chi connectivity index (χ2v) is 8.23. The Hall–Kier alpha value is -1.50. The number of halogens is 2. The largest absolute Gasteiger partial charge is 0.260 e. The maximum atomic E-state index is 14.0. The van der Waals surface area contributed by atoms with E-state index in [1.807, 2.05) is 12.1 Å². The fraction of sp³-hybridized carbons (Fsp3) is 0.353. The minimum absolute atomic E-state index is 0.129. The maximum Gasteiger partial charge on any atom is 0.219 e. The van der Waals surface area contributed by atoms with Gasteiger partial charge in [-0.25, -0.2) is 12.8 Å². The topological polar surface area (TPSA) is 50.3 Å². The third-order valence-electron chi connectivity index (χ3n) is 4.19. The summed E-state index contributed by atoms with van der Waals surface area (Å²) in [6, 6.07) is 9.26. The molecule has 1 atom stereocenters. The first-order chi connectivity index (χ1) is 11.5. The van der Waals surface area contributed by atoms with Gasteiger partial charge in [0.2, 0.25) is 10.0 Å². The molecule has 1 fully saturated rings. The van der Waals surface area contributed by atoms with E-state index >= 15 is 0 Å². The average molecular weight is 369 g/mol. The number of piperidine rings is 1. The zero-order valence-electron chi connectivity index (χ0n) is 13.0. The molecule has 0 radical (unpaired) electrons. The van der Waals surface area contributed by atoms with Crippen molar-refractivity contribution in [1.29, 1.82) is 0 Å². The van der Waals surface area contributed by atoms with Crippen LogP contribution in [0.3, 0.4) is 0 Å². The van der Waals surface area contributed by atoms with Crippen LogP contribution in [0.25, 0.3) is 0 Å². The molecular formula is C17H18ClFN2O2S. The number of nitrogens with zero attached hydrogens (tertiary/aromatic N) is 2. The predicted molar refractivity (Wildman–Crippen MR) is 91.6 cm³/mol. The van der Waals surface area contributed by atoms with Crippen molar-refractivity contribution in [2.45, 2.75) is 31.1 Å². The van der Waals surface area contributed by atoms with Gasteiger partial charge in [0, 0.05) is 23.3 Å². The molecule has 1 aliphatic rings. The van der Waals surface area contributed by atoms with Gasteiger partial charge in [0.15, 0.2) is 0 Å². The molecule has 3 rings (SSSR count). The third-order valence-corrected chi connectivity index (χ3v) is 6.26. The molecule has 0 N–H and O–H groups in total. The second kappa shape index (κ2) is 7.17. The van der Waals surface area contributed by atoms with Crippen molar-refractivity contribution in [3.05, 3.63) is 64.7 Å². The van der Waals surface area contributed by atoms with Gasteiger partial charge in [-0.1, -0.05) is 30.2 Å². The molecule has 0 aliphatic carbocycles. The van der Waals surface area contributed by atoms with Gasteiger partial charge in [0.1, 0.15) is 5.82 Å². The van der Waals surface area contributed by atoms with E-state index in [4.69, 9.17) is 11.6 Å². The minimum atomic E-state index is -3.66. The molecule has 1 saturated heterocycles. The van der Waals surface area contributed by atoms with Gasteiger partial charge >= 0.3 is 0 Å². The Morgan fingerprint density at radius 3 is 2.79 bits per heavy atom. The normalized spacial score (nSPS) is 19.3. The van der Waals surface area contributed by atoms with Crippen molar-refractivity contribution in [3.63, 3.8) is 0 Å². The Labute approximate surface area is 146 Å². The van der Waals surface area contributed by atoms with Crippen LogP contribution in [0.5, 0.6) is 0 Å². The molecule has 128 valence electrons. The van der Waals surface area contributed by atoms with Crippen LogP contribution >= 0.6 is 11.6 Å². The van der Waals surface area contributed by atoms with Crippen LogP contribution in [-0.2, 0) is 15.8 Å². The Bertz CT molecular complexity index is 815. The molecule has 0 saturated carbocycles. The first kappa shape index (κ1) is 17.3. The van der Waals surface area contributed by atoms with Crippen LogP contribution in [0, 0.1) is 5.82 Å². The van der Waals surface area contributed by atoms with Crippen molar-refractivity contribution >= 4 is 21.6 Å². The van der Waals surface area contributed by atoms with E-state index in [-0.39, 0.29) is 22.4 Å². The number of sulfonamides is 1. The molecule has 0 spiro atoms. The van der Waals surface area contributed by atoms with Crippen molar-refractivity contribution < 1.29 is 12.8 Å². The number of hydrogen-bond acceptors (Lipinski definition) is 3. The zero-order chi connectivity index (χ0) is 17.2. The highest BCUT2D eigenvalue weighted by Crippen LogP contribution is 2.33. The molecule has 0 bridgehead atoms. The van der Waals surface area contributed by atoms with E-state index in [1.54, 1.807) is 12.3 Å². The van der Waals surface area contributed by atoms with Crippen LogP contribution in [0.4, 0.5) is 4.39 Å². The van der Waals surface area contributed by atoms with Crippen LogP contribution in [0.1, 0.15) is 36.6 Å². The summed E-state index contributed by atoms with van der Waals surface area (Å²) in [6.45, 7) is 0.429.